The Balaban J connectivity index is 2.00. The second-order valence-electron chi connectivity index (χ2n) is 4.34. The summed E-state index contributed by atoms with van der Waals surface area (Å²) in [7, 11) is 0. The highest BCUT2D eigenvalue weighted by Gasteiger charge is 2.49. The Bertz CT molecular complexity index is 212. The van der Waals surface area contributed by atoms with Crippen LogP contribution < -0.4 is 0 Å². The molecule has 0 aromatic rings. The summed E-state index contributed by atoms with van der Waals surface area (Å²) < 4.78 is 0. The molecule has 0 aromatic carbocycles. The van der Waals surface area contributed by atoms with Crippen LogP contribution in [0.25, 0.3) is 0 Å². The van der Waals surface area contributed by atoms with Gasteiger partial charge in [-0.3, -0.25) is 4.90 Å². The van der Waals surface area contributed by atoms with Crippen LogP contribution in [0.15, 0.2) is 0 Å². The monoisotopic (exact) mass is 164 g/mol. The highest BCUT2D eigenvalue weighted by atomic mass is 15.2. The highest BCUT2D eigenvalue weighted by Crippen LogP contribution is 2.42. The van der Waals surface area contributed by atoms with Gasteiger partial charge in [0.15, 0.2) is 0 Å². The van der Waals surface area contributed by atoms with E-state index in [1.807, 2.05) is 0 Å². The molecule has 1 aliphatic heterocycles. The zero-order chi connectivity index (χ0) is 8.60. The summed E-state index contributed by atoms with van der Waals surface area (Å²) >= 11 is 0. The molecule has 0 aromatic heterocycles. The number of likely N-dealkylation sites (tertiary alicyclic amines) is 1. The van der Waals surface area contributed by atoms with Crippen molar-refractivity contribution >= 4 is 0 Å². The van der Waals surface area contributed by atoms with E-state index in [-0.39, 0.29) is 5.54 Å². The van der Waals surface area contributed by atoms with E-state index in [0.717, 1.165) is 31.8 Å². The number of hydrogen-bond donors (Lipinski definition) is 0. The summed E-state index contributed by atoms with van der Waals surface area (Å²) in [6.45, 7) is 4.59. The van der Waals surface area contributed by atoms with Crippen molar-refractivity contribution in [2.75, 3.05) is 13.1 Å². The molecule has 1 heterocycles. The van der Waals surface area contributed by atoms with Crippen LogP contribution >= 0.6 is 0 Å². The predicted molar refractivity (Wildman–Crippen MR) is 47.5 cm³/mol. The van der Waals surface area contributed by atoms with Crippen LogP contribution in [0.4, 0.5) is 0 Å². The minimum absolute atomic E-state index is 0.0192. The fourth-order valence-corrected chi connectivity index (χ4v) is 2.20. The summed E-state index contributed by atoms with van der Waals surface area (Å²) in [5.74, 6) is 0.796. The van der Waals surface area contributed by atoms with Crippen LogP contribution in [-0.4, -0.2) is 23.5 Å². The molecule has 1 saturated heterocycles. The third-order valence-electron chi connectivity index (χ3n) is 3.19. The zero-order valence-corrected chi connectivity index (χ0v) is 7.71. The second kappa shape index (κ2) is 2.74. The molecule has 1 atom stereocenters. The lowest BCUT2D eigenvalue weighted by molar-refractivity contribution is 0.144. The van der Waals surface area contributed by atoms with Gasteiger partial charge in [-0.05, 0) is 38.1 Å². The Morgan fingerprint density at radius 2 is 2.25 bits per heavy atom. The van der Waals surface area contributed by atoms with Crippen LogP contribution in [0, 0.1) is 17.2 Å². The number of rotatable bonds is 1. The zero-order valence-electron chi connectivity index (χ0n) is 7.71. The standard InChI is InChI=1S/C10H16N2/c1-9-3-2-6-12(7-9)10(8-11)4-5-10/h9H,2-7H2,1H3/t9-/m0/s1. The molecule has 0 N–H and O–H groups in total. The molecule has 12 heavy (non-hydrogen) atoms. The van der Waals surface area contributed by atoms with Crippen molar-refractivity contribution < 1.29 is 0 Å². The third kappa shape index (κ3) is 1.23. The van der Waals surface area contributed by atoms with Crippen LogP contribution in [0.3, 0.4) is 0 Å². The van der Waals surface area contributed by atoms with Gasteiger partial charge in [0.05, 0.1) is 6.07 Å². The van der Waals surface area contributed by atoms with Crippen molar-refractivity contribution in [3.8, 4) is 6.07 Å². The second-order valence-corrected chi connectivity index (χ2v) is 4.34. The summed E-state index contributed by atoms with van der Waals surface area (Å²) in [5, 5.41) is 9.00. The van der Waals surface area contributed by atoms with E-state index < -0.39 is 0 Å². The first-order valence-corrected chi connectivity index (χ1v) is 4.93. The molecule has 66 valence electrons. The van der Waals surface area contributed by atoms with Crippen molar-refractivity contribution in [2.45, 2.75) is 38.1 Å². The molecular formula is C10H16N2. The summed E-state index contributed by atoms with van der Waals surface area (Å²) in [5.41, 5.74) is -0.0192. The van der Waals surface area contributed by atoms with Crippen molar-refractivity contribution in [2.24, 2.45) is 5.92 Å². The van der Waals surface area contributed by atoms with E-state index in [0.29, 0.717) is 0 Å². The molecule has 0 amide bonds. The van der Waals surface area contributed by atoms with Gasteiger partial charge in [0.2, 0.25) is 0 Å². The molecule has 0 spiro atoms. The largest absolute Gasteiger partial charge is 0.285 e. The minimum atomic E-state index is -0.0192. The molecule has 2 aliphatic rings. The van der Waals surface area contributed by atoms with Crippen molar-refractivity contribution in [1.29, 1.82) is 5.26 Å². The van der Waals surface area contributed by atoms with Gasteiger partial charge in [-0.2, -0.15) is 5.26 Å². The summed E-state index contributed by atoms with van der Waals surface area (Å²) in [6.07, 6.45) is 4.84. The maximum atomic E-state index is 9.00. The fraction of sp³-hybridized carbons (Fsp3) is 0.900. The van der Waals surface area contributed by atoms with Crippen LogP contribution in [0.2, 0.25) is 0 Å². The maximum absolute atomic E-state index is 9.00. The lowest BCUT2D eigenvalue weighted by atomic mass is 9.98. The Morgan fingerprint density at radius 3 is 2.75 bits per heavy atom. The molecule has 1 saturated carbocycles. The number of nitriles is 1. The van der Waals surface area contributed by atoms with E-state index in [9.17, 15) is 0 Å². The molecule has 1 aliphatic carbocycles. The van der Waals surface area contributed by atoms with Gasteiger partial charge in [-0.1, -0.05) is 6.92 Å². The molecule has 2 fully saturated rings. The van der Waals surface area contributed by atoms with Gasteiger partial charge < -0.3 is 0 Å². The summed E-state index contributed by atoms with van der Waals surface area (Å²) in [6, 6.07) is 2.47. The average Bonchev–Trinajstić information content (AvgIpc) is 2.84. The van der Waals surface area contributed by atoms with Gasteiger partial charge in [-0.15, -0.1) is 0 Å². The summed E-state index contributed by atoms with van der Waals surface area (Å²) in [4.78, 5) is 2.40. The van der Waals surface area contributed by atoms with Gasteiger partial charge in [-0.25, -0.2) is 0 Å². The highest BCUT2D eigenvalue weighted by molar-refractivity contribution is 5.19. The molecule has 0 unspecified atom stereocenters. The molecule has 2 nitrogen and oxygen atoms in total. The molecule has 0 radical (unpaired) electrons. The average molecular weight is 164 g/mol. The van der Waals surface area contributed by atoms with Crippen molar-refractivity contribution in [3.63, 3.8) is 0 Å². The van der Waals surface area contributed by atoms with Gasteiger partial charge in [0.25, 0.3) is 0 Å². The first kappa shape index (κ1) is 8.07. The lowest BCUT2D eigenvalue weighted by Crippen LogP contribution is -2.42. The van der Waals surface area contributed by atoms with Crippen molar-refractivity contribution in [1.82, 2.24) is 4.90 Å². The Hall–Kier alpha value is -0.550. The normalized spacial score (nSPS) is 34.2. The Morgan fingerprint density at radius 1 is 1.50 bits per heavy atom. The van der Waals surface area contributed by atoms with Crippen LogP contribution in [-0.2, 0) is 0 Å². The third-order valence-corrected chi connectivity index (χ3v) is 3.19. The van der Waals surface area contributed by atoms with Crippen LogP contribution in [0.1, 0.15) is 32.6 Å². The lowest BCUT2D eigenvalue weighted by Gasteiger charge is -2.34. The molecule has 0 bridgehead atoms. The maximum Gasteiger partial charge on any atom is 0.109 e. The van der Waals surface area contributed by atoms with Gasteiger partial charge in [0, 0.05) is 6.54 Å². The molecular weight excluding hydrogens is 148 g/mol. The van der Waals surface area contributed by atoms with Gasteiger partial charge in [0.1, 0.15) is 5.54 Å². The number of piperidine rings is 1. The fourth-order valence-electron chi connectivity index (χ4n) is 2.20. The topological polar surface area (TPSA) is 27.0 Å². The first-order chi connectivity index (χ1) is 5.77. The van der Waals surface area contributed by atoms with Crippen LogP contribution in [0.5, 0.6) is 0 Å². The Labute approximate surface area is 74.2 Å². The smallest absolute Gasteiger partial charge is 0.109 e. The van der Waals surface area contributed by atoms with Gasteiger partial charge >= 0.3 is 0 Å². The Kier molecular flexibility index (Phi) is 1.84. The van der Waals surface area contributed by atoms with E-state index in [4.69, 9.17) is 5.26 Å². The van der Waals surface area contributed by atoms with E-state index in [1.54, 1.807) is 0 Å². The first-order valence-electron chi connectivity index (χ1n) is 4.93. The predicted octanol–water partition coefficient (Wildman–Crippen LogP) is 1.77. The molecule has 2 rings (SSSR count). The SMILES string of the molecule is C[C@H]1CCCN(C2(C#N)CC2)C1. The van der Waals surface area contributed by atoms with Crippen molar-refractivity contribution in [3.05, 3.63) is 0 Å². The number of hydrogen-bond acceptors (Lipinski definition) is 2. The molecule has 2 heteroatoms. The van der Waals surface area contributed by atoms with E-state index >= 15 is 0 Å². The quantitative estimate of drug-likeness (QED) is 0.590. The number of nitrogens with zero attached hydrogens (tertiary/aromatic N) is 2. The van der Waals surface area contributed by atoms with E-state index in [1.165, 1.54) is 12.8 Å². The van der Waals surface area contributed by atoms with E-state index in [2.05, 4.69) is 17.9 Å². The minimum Gasteiger partial charge on any atom is -0.285 e.